The standard InChI is InChI=1S/C12H16N2/c1-14(2)8-7-10-9-13-12-6-4-3-5-11(10)12/h3-6,9-10H,7-8H2,1-2H3. The minimum Gasteiger partial charge on any atom is -0.309 e. The molecule has 0 fully saturated rings. The van der Waals surface area contributed by atoms with Crippen molar-refractivity contribution < 1.29 is 0 Å². The zero-order chi connectivity index (χ0) is 9.97. The molecule has 2 nitrogen and oxygen atoms in total. The van der Waals surface area contributed by atoms with E-state index >= 15 is 0 Å². The summed E-state index contributed by atoms with van der Waals surface area (Å²) < 4.78 is 0. The van der Waals surface area contributed by atoms with Crippen LogP contribution in [0.1, 0.15) is 17.9 Å². The van der Waals surface area contributed by atoms with E-state index in [1.165, 1.54) is 5.56 Å². The molecule has 1 aliphatic heterocycles. The first-order valence-electron chi connectivity index (χ1n) is 5.05. The van der Waals surface area contributed by atoms with Crippen LogP contribution in [0.2, 0.25) is 0 Å². The largest absolute Gasteiger partial charge is 0.309 e. The number of hydrogen-bond acceptors (Lipinski definition) is 2. The third-order valence-electron chi connectivity index (χ3n) is 2.62. The van der Waals surface area contributed by atoms with Crippen molar-refractivity contribution >= 4 is 11.9 Å². The quantitative estimate of drug-likeness (QED) is 0.711. The van der Waals surface area contributed by atoms with Gasteiger partial charge in [0.05, 0.1) is 5.69 Å². The molecule has 14 heavy (non-hydrogen) atoms. The summed E-state index contributed by atoms with van der Waals surface area (Å²) in [5.41, 5.74) is 2.53. The van der Waals surface area contributed by atoms with Gasteiger partial charge >= 0.3 is 0 Å². The van der Waals surface area contributed by atoms with Crippen molar-refractivity contribution in [2.75, 3.05) is 20.6 Å². The number of hydrogen-bond donors (Lipinski definition) is 0. The first-order chi connectivity index (χ1) is 6.77. The molecule has 74 valence electrons. The molecule has 0 radical (unpaired) electrons. The lowest BCUT2D eigenvalue weighted by Gasteiger charge is -2.13. The minimum absolute atomic E-state index is 0.522. The highest BCUT2D eigenvalue weighted by atomic mass is 15.0. The Hall–Kier alpha value is -1.15. The highest BCUT2D eigenvalue weighted by Crippen LogP contribution is 2.33. The molecule has 0 bridgehead atoms. The first-order valence-corrected chi connectivity index (χ1v) is 5.05. The summed E-state index contributed by atoms with van der Waals surface area (Å²) in [4.78, 5) is 6.63. The van der Waals surface area contributed by atoms with Gasteiger partial charge in [0.15, 0.2) is 0 Å². The molecule has 1 aromatic rings. The van der Waals surface area contributed by atoms with E-state index in [0.29, 0.717) is 5.92 Å². The van der Waals surface area contributed by atoms with E-state index in [9.17, 15) is 0 Å². The van der Waals surface area contributed by atoms with Crippen molar-refractivity contribution in [1.82, 2.24) is 4.90 Å². The Bertz CT molecular complexity index is 342. The second kappa shape index (κ2) is 3.93. The fourth-order valence-corrected chi connectivity index (χ4v) is 1.80. The Morgan fingerprint density at radius 3 is 2.86 bits per heavy atom. The van der Waals surface area contributed by atoms with E-state index in [-0.39, 0.29) is 0 Å². The van der Waals surface area contributed by atoms with Gasteiger partial charge in [-0.1, -0.05) is 18.2 Å². The molecule has 0 amide bonds. The molecule has 0 saturated heterocycles. The van der Waals surface area contributed by atoms with Gasteiger partial charge in [-0.2, -0.15) is 0 Å². The summed E-state index contributed by atoms with van der Waals surface area (Å²) in [6.45, 7) is 1.12. The molecule has 1 aromatic carbocycles. The monoisotopic (exact) mass is 188 g/mol. The van der Waals surface area contributed by atoms with E-state index in [4.69, 9.17) is 0 Å². The van der Waals surface area contributed by atoms with Crippen LogP contribution in [0, 0.1) is 0 Å². The fraction of sp³-hybridized carbons (Fsp3) is 0.417. The zero-order valence-corrected chi connectivity index (χ0v) is 8.77. The van der Waals surface area contributed by atoms with Crippen molar-refractivity contribution in [2.45, 2.75) is 12.3 Å². The highest BCUT2D eigenvalue weighted by Gasteiger charge is 2.17. The van der Waals surface area contributed by atoms with Crippen molar-refractivity contribution in [3.05, 3.63) is 29.8 Å². The van der Waals surface area contributed by atoms with E-state index in [2.05, 4.69) is 48.4 Å². The number of aliphatic imine (C=N–C) groups is 1. The summed E-state index contributed by atoms with van der Waals surface area (Å²) in [7, 11) is 4.22. The van der Waals surface area contributed by atoms with E-state index < -0.39 is 0 Å². The molecule has 0 saturated carbocycles. The molecule has 2 heteroatoms. The highest BCUT2D eigenvalue weighted by molar-refractivity contribution is 5.80. The summed E-state index contributed by atoms with van der Waals surface area (Å²) in [6, 6.07) is 8.41. The summed E-state index contributed by atoms with van der Waals surface area (Å²) >= 11 is 0. The first kappa shape index (κ1) is 9.41. The lowest BCUT2D eigenvalue weighted by Crippen LogP contribution is -2.15. The maximum absolute atomic E-state index is 4.42. The Morgan fingerprint density at radius 2 is 2.07 bits per heavy atom. The van der Waals surface area contributed by atoms with Crippen molar-refractivity contribution in [2.24, 2.45) is 4.99 Å². The van der Waals surface area contributed by atoms with Crippen LogP contribution in [0.15, 0.2) is 29.3 Å². The normalized spacial score (nSPS) is 18.9. The summed E-state index contributed by atoms with van der Waals surface area (Å²) in [5.74, 6) is 0.522. The van der Waals surface area contributed by atoms with Crippen LogP contribution in [0.25, 0.3) is 0 Å². The summed E-state index contributed by atoms with van der Waals surface area (Å²) in [6.07, 6.45) is 3.24. The van der Waals surface area contributed by atoms with Crippen LogP contribution in [0.5, 0.6) is 0 Å². The van der Waals surface area contributed by atoms with Crippen molar-refractivity contribution in [3.63, 3.8) is 0 Å². The van der Waals surface area contributed by atoms with E-state index in [1.807, 2.05) is 6.07 Å². The molecule has 0 aromatic heterocycles. The van der Waals surface area contributed by atoms with Gasteiger partial charge < -0.3 is 4.90 Å². The lowest BCUT2D eigenvalue weighted by atomic mass is 9.98. The Kier molecular flexibility index (Phi) is 2.64. The predicted molar refractivity (Wildman–Crippen MR) is 60.5 cm³/mol. The van der Waals surface area contributed by atoms with Gasteiger partial charge in [0, 0.05) is 12.1 Å². The number of fused-ring (bicyclic) bond motifs is 1. The average Bonchev–Trinajstić information content (AvgIpc) is 2.58. The topological polar surface area (TPSA) is 15.6 Å². The number of benzene rings is 1. The fourth-order valence-electron chi connectivity index (χ4n) is 1.80. The van der Waals surface area contributed by atoms with Crippen molar-refractivity contribution in [3.8, 4) is 0 Å². The third-order valence-corrected chi connectivity index (χ3v) is 2.62. The number of nitrogens with zero attached hydrogens (tertiary/aromatic N) is 2. The molecule has 0 spiro atoms. The molecule has 2 rings (SSSR count). The molecule has 1 aliphatic rings. The van der Waals surface area contributed by atoms with Gasteiger partial charge in [-0.05, 0) is 38.7 Å². The van der Waals surface area contributed by atoms with Crippen LogP contribution < -0.4 is 0 Å². The molecular formula is C12H16N2. The van der Waals surface area contributed by atoms with Crippen LogP contribution in [0.4, 0.5) is 5.69 Å². The van der Waals surface area contributed by atoms with E-state index in [1.54, 1.807) is 0 Å². The van der Waals surface area contributed by atoms with Crippen LogP contribution in [-0.2, 0) is 0 Å². The van der Waals surface area contributed by atoms with Gasteiger partial charge in [-0.15, -0.1) is 0 Å². The van der Waals surface area contributed by atoms with Gasteiger partial charge in [-0.3, -0.25) is 4.99 Å². The minimum atomic E-state index is 0.522. The third kappa shape index (κ3) is 1.85. The zero-order valence-electron chi connectivity index (χ0n) is 8.77. The second-order valence-corrected chi connectivity index (χ2v) is 4.04. The Labute approximate surface area is 85.3 Å². The van der Waals surface area contributed by atoms with Gasteiger partial charge in [0.2, 0.25) is 0 Å². The smallest absolute Gasteiger partial charge is 0.0664 e. The van der Waals surface area contributed by atoms with Gasteiger partial charge in [0.25, 0.3) is 0 Å². The Morgan fingerprint density at radius 1 is 1.29 bits per heavy atom. The van der Waals surface area contributed by atoms with Crippen LogP contribution in [0.3, 0.4) is 0 Å². The molecule has 1 atom stereocenters. The van der Waals surface area contributed by atoms with Crippen molar-refractivity contribution in [1.29, 1.82) is 0 Å². The molecule has 0 N–H and O–H groups in total. The molecule has 0 aliphatic carbocycles. The number of para-hydroxylation sites is 1. The van der Waals surface area contributed by atoms with Crippen LogP contribution in [-0.4, -0.2) is 31.8 Å². The number of rotatable bonds is 3. The van der Waals surface area contributed by atoms with Crippen LogP contribution >= 0.6 is 0 Å². The molecule has 1 heterocycles. The average molecular weight is 188 g/mol. The molecular weight excluding hydrogens is 172 g/mol. The predicted octanol–water partition coefficient (Wildman–Crippen LogP) is 2.44. The lowest BCUT2D eigenvalue weighted by molar-refractivity contribution is 0.397. The second-order valence-electron chi connectivity index (χ2n) is 4.04. The van der Waals surface area contributed by atoms with Gasteiger partial charge in [0.1, 0.15) is 0 Å². The maximum Gasteiger partial charge on any atom is 0.0664 e. The SMILES string of the molecule is CN(C)CCC1C=Nc2ccccc21. The Balaban J connectivity index is 2.07. The van der Waals surface area contributed by atoms with E-state index in [0.717, 1.165) is 18.7 Å². The maximum atomic E-state index is 4.42. The molecule has 1 unspecified atom stereocenters. The van der Waals surface area contributed by atoms with Gasteiger partial charge in [-0.25, -0.2) is 0 Å². The summed E-state index contributed by atoms with van der Waals surface area (Å²) in [5, 5.41) is 0.